The summed E-state index contributed by atoms with van der Waals surface area (Å²) >= 11 is 0. The maximum Gasteiger partial charge on any atom is 0.146 e. The number of hydrogen-bond acceptors (Lipinski definition) is 4. The topological polar surface area (TPSA) is 54.2 Å². The predicted octanol–water partition coefficient (Wildman–Crippen LogP) is 8.98. The summed E-state index contributed by atoms with van der Waals surface area (Å²) in [6.45, 7) is 2.17. The van der Waals surface area contributed by atoms with Crippen molar-refractivity contribution in [3.05, 3.63) is 139 Å². The standard InChI is InChI=1S/C36H28N4O/c1-2-25-22-26(24-28(23-25)39(27-12-4-3-5-13-27)35-18-10-11-21-37-35)31-20-19-30-29-14-6-7-15-32(29)40(36(30)38-31)33-16-8-9-17-34(33)41/h3-24,41H,2H2,1H3. The third kappa shape index (κ3) is 4.38. The first-order chi connectivity index (χ1) is 20.2. The molecule has 0 amide bonds. The molecular weight excluding hydrogens is 504 g/mol. The van der Waals surface area contributed by atoms with Gasteiger partial charge in [-0.3, -0.25) is 9.47 Å². The lowest BCUT2D eigenvalue weighted by Crippen LogP contribution is -2.11. The van der Waals surface area contributed by atoms with E-state index in [0.717, 1.165) is 56.8 Å². The van der Waals surface area contributed by atoms with Gasteiger partial charge in [0.05, 0.1) is 16.9 Å². The van der Waals surface area contributed by atoms with Gasteiger partial charge in [0.2, 0.25) is 0 Å². The van der Waals surface area contributed by atoms with Crippen molar-refractivity contribution in [3.8, 4) is 22.7 Å². The lowest BCUT2D eigenvalue weighted by molar-refractivity contribution is 0.473. The van der Waals surface area contributed by atoms with E-state index in [0.29, 0.717) is 5.69 Å². The Morgan fingerprint density at radius 3 is 2.29 bits per heavy atom. The van der Waals surface area contributed by atoms with Crippen LogP contribution in [0.15, 0.2) is 134 Å². The molecule has 0 atom stereocenters. The minimum absolute atomic E-state index is 0.214. The van der Waals surface area contributed by atoms with Crippen LogP contribution in [0.4, 0.5) is 17.2 Å². The van der Waals surface area contributed by atoms with Crippen LogP contribution in [0.5, 0.6) is 5.75 Å². The summed E-state index contributed by atoms with van der Waals surface area (Å²) in [5, 5.41) is 12.9. The van der Waals surface area contributed by atoms with Crippen molar-refractivity contribution in [1.29, 1.82) is 0 Å². The van der Waals surface area contributed by atoms with Gasteiger partial charge in [0.1, 0.15) is 17.2 Å². The normalized spacial score (nSPS) is 11.2. The molecule has 0 aliphatic carbocycles. The van der Waals surface area contributed by atoms with E-state index in [9.17, 15) is 5.11 Å². The summed E-state index contributed by atoms with van der Waals surface area (Å²) in [5.74, 6) is 1.06. The largest absolute Gasteiger partial charge is 0.506 e. The lowest BCUT2D eigenvalue weighted by Gasteiger charge is -2.25. The van der Waals surface area contributed by atoms with Gasteiger partial charge in [-0.05, 0) is 84.8 Å². The number of benzene rings is 4. The van der Waals surface area contributed by atoms with Crippen molar-refractivity contribution in [3.63, 3.8) is 0 Å². The van der Waals surface area contributed by atoms with Crippen LogP contribution >= 0.6 is 0 Å². The molecule has 198 valence electrons. The highest BCUT2D eigenvalue weighted by molar-refractivity contribution is 6.08. The lowest BCUT2D eigenvalue weighted by atomic mass is 10.0. The Morgan fingerprint density at radius 2 is 1.49 bits per heavy atom. The molecule has 5 heteroatoms. The summed E-state index contributed by atoms with van der Waals surface area (Å²) in [5.41, 5.74) is 7.66. The van der Waals surface area contributed by atoms with Crippen LogP contribution in [-0.2, 0) is 6.42 Å². The Bertz CT molecular complexity index is 1960. The average Bonchev–Trinajstić information content (AvgIpc) is 3.36. The third-order valence-corrected chi connectivity index (χ3v) is 7.48. The first kappa shape index (κ1) is 24.6. The fourth-order valence-electron chi connectivity index (χ4n) is 5.53. The Labute approximate surface area is 238 Å². The zero-order valence-electron chi connectivity index (χ0n) is 22.6. The molecule has 41 heavy (non-hydrogen) atoms. The van der Waals surface area contributed by atoms with E-state index in [1.807, 2.05) is 72.9 Å². The second-order valence-electron chi connectivity index (χ2n) is 10.0. The zero-order chi connectivity index (χ0) is 27.8. The SMILES string of the molecule is CCc1cc(-c2ccc3c4ccccc4n(-c4ccccc4O)c3n2)cc(N(c2ccccc2)c2ccccn2)c1. The van der Waals surface area contributed by atoms with E-state index in [1.165, 1.54) is 5.56 Å². The van der Waals surface area contributed by atoms with Gasteiger partial charge in [-0.15, -0.1) is 0 Å². The van der Waals surface area contributed by atoms with Crippen LogP contribution in [0, 0.1) is 0 Å². The van der Waals surface area contributed by atoms with Gasteiger partial charge < -0.3 is 5.11 Å². The van der Waals surface area contributed by atoms with Crippen molar-refractivity contribution >= 4 is 39.1 Å². The van der Waals surface area contributed by atoms with Crippen molar-refractivity contribution in [2.24, 2.45) is 0 Å². The monoisotopic (exact) mass is 532 g/mol. The minimum Gasteiger partial charge on any atom is -0.506 e. The molecule has 0 fully saturated rings. The number of anilines is 3. The average molecular weight is 533 g/mol. The van der Waals surface area contributed by atoms with Crippen LogP contribution in [-0.4, -0.2) is 19.6 Å². The number of aromatic hydroxyl groups is 1. The number of hydrogen-bond donors (Lipinski definition) is 1. The third-order valence-electron chi connectivity index (χ3n) is 7.48. The molecular formula is C36H28N4O. The zero-order valence-corrected chi connectivity index (χ0v) is 22.6. The van der Waals surface area contributed by atoms with Crippen molar-refractivity contribution in [2.45, 2.75) is 13.3 Å². The highest BCUT2D eigenvalue weighted by atomic mass is 16.3. The Balaban J connectivity index is 1.45. The van der Waals surface area contributed by atoms with Crippen LogP contribution < -0.4 is 4.90 Å². The maximum absolute atomic E-state index is 10.8. The van der Waals surface area contributed by atoms with E-state index in [1.54, 1.807) is 6.07 Å². The van der Waals surface area contributed by atoms with Crippen LogP contribution in [0.1, 0.15) is 12.5 Å². The summed E-state index contributed by atoms with van der Waals surface area (Å²) < 4.78 is 2.05. The number of aromatic nitrogens is 3. The van der Waals surface area contributed by atoms with Gasteiger partial charge in [-0.25, -0.2) is 9.97 Å². The summed E-state index contributed by atoms with van der Waals surface area (Å²) in [6.07, 6.45) is 2.70. The molecule has 1 N–H and O–H groups in total. The van der Waals surface area contributed by atoms with Gasteiger partial charge in [-0.2, -0.15) is 0 Å². The van der Waals surface area contributed by atoms with Gasteiger partial charge >= 0.3 is 0 Å². The number of nitrogens with zero attached hydrogens (tertiary/aromatic N) is 4. The second-order valence-corrected chi connectivity index (χ2v) is 10.0. The van der Waals surface area contributed by atoms with Crippen LogP contribution in [0.3, 0.4) is 0 Å². The van der Waals surface area contributed by atoms with Crippen LogP contribution in [0.2, 0.25) is 0 Å². The number of fused-ring (bicyclic) bond motifs is 3. The van der Waals surface area contributed by atoms with Crippen molar-refractivity contribution < 1.29 is 5.11 Å². The van der Waals surface area contributed by atoms with Gasteiger partial charge in [0, 0.05) is 33.9 Å². The number of para-hydroxylation sites is 4. The smallest absolute Gasteiger partial charge is 0.146 e. The fourth-order valence-corrected chi connectivity index (χ4v) is 5.53. The number of phenolic OH excluding ortho intramolecular Hbond substituents is 1. The van der Waals surface area contributed by atoms with Crippen LogP contribution in [0.25, 0.3) is 38.9 Å². The Morgan fingerprint density at radius 1 is 0.707 bits per heavy atom. The first-order valence-corrected chi connectivity index (χ1v) is 13.8. The van der Waals surface area contributed by atoms with Gasteiger partial charge in [0.25, 0.3) is 0 Å². The molecule has 5 nitrogen and oxygen atoms in total. The van der Waals surface area contributed by atoms with E-state index in [4.69, 9.17) is 9.97 Å². The molecule has 0 bridgehead atoms. The van der Waals surface area contributed by atoms with E-state index in [2.05, 4.69) is 71.0 Å². The molecule has 0 unspecified atom stereocenters. The molecule has 0 aliphatic rings. The highest BCUT2D eigenvalue weighted by Gasteiger charge is 2.18. The highest BCUT2D eigenvalue weighted by Crippen LogP contribution is 2.38. The first-order valence-electron chi connectivity index (χ1n) is 13.8. The number of pyridine rings is 2. The molecule has 0 radical (unpaired) electrons. The second kappa shape index (κ2) is 10.3. The molecule has 0 aliphatic heterocycles. The summed E-state index contributed by atoms with van der Waals surface area (Å²) in [6, 6.07) is 42.8. The molecule has 0 saturated heterocycles. The molecule has 4 aromatic carbocycles. The van der Waals surface area contributed by atoms with Gasteiger partial charge in [0.15, 0.2) is 0 Å². The molecule has 0 saturated carbocycles. The minimum atomic E-state index is 0.214. The molecule has 3 heterocycles. The van der Waals surface area contributed by atoms with E-state index >= 15 is 0 Å². The summed E-state index contributed by atoms with van der Waals surface area (Å²) in [7, 11) is 0. The summed E-state index contributed by atoms with van der Waals surface area (Å²) in [4.78, 5) is 12.1. The molecule has 7 aromatic rings. The quantitative estimate of drug-likeness (QED) is 0.232. The van der Waals surface area contributed by atoms with E-state index < -0.39 is 0 Å². The number of phenols is 1. The maximum atomic E-state index is 10.8. The number of rotatable bonds is 6. The van der Waals surface area contributed by atoms with Crippen molar-refractivity contribution in [2.75, 3.05) is 4.90 Å². The predicted molar refractivity (Wildman–Crippen MR) is 168 cm³/mol. The van der Waals surface area contributed by atoms with Crippen molar-refractivity contribution in [1.82, 2.24) is 14.5 Å². The molecule has 0 spiro atoms. The number of aryl methyl sites for hydroxylation is 1. The van der Waals surface area contributed by atoms with Gasteiger partial charge in [-0.1, -0.05) is 61.5 Å². The molecule has 3 aromatic heterocycles. The van der Waals surface area contributed by atoms with E-state index in [-0.39, 0.29) is 5.75 Å². The fraction of sp³-hybridized carbons (Fsp3) is 0.0556. The molecule has 7 rings (SSSR count). The Kier molecular flexibility index (Phi) is 6.17. The Hall–Kier alpha value is -5.42.